The molecule has 0 aromatic carbocycles. The van der Waals surface area contributed by atoms with E-state index in [4.69, 9.17) is 0 Å². The van der Waals surface area contributed by atoms with E-state index >= 15 is 0 Å². The lowest BCUT2D eigenvalue weighted by molar-refractivity contribution is 0.221. The molecule has 1 heteroatoms. The van der Waals surface area contributed by atoms with Crippen LogP contribution < -0.4 is 0 Å². The van der Waals surface area contributed by atoms with Crippen molar-refractivity contribution in [3.63, 3.8) is 0 Å². The molecule has 0 bridgehead atoms. The quantitative estimate of drug-likeness (QED) is 0.383. The van der Waals surface area contributed by atoms with E-state index < -0.39 is 0 Å². The van der Waals surface area contributed by atoms with Crippen molar-refractivity contribution in [1.29, 1.82) is 0 Å². The van der Waals surface area contributed by atoms with Crippen molar-refractivity contribution >= 4 is 22.6 Å². The Kier molecular flexibility index (Phi) is 3.62. The highest BCUT2D eigenvalue weighted by atomic mass is 127. The second kappa shape index (κ2) is 4.12. The molecule has 0 saturated heterocycles. The molecule has 1 unspecified atom stereocenters. The molecule has 0 heterocycles. The van der Waals surface area contributed by atoms with Gasteiger partial charge >= 0.3 is 0 Å². The van der Waals surface area contributed by atoms with E-state index in [1.807, 2.05) is 0 Å². The van der Waals surface area contributed by atoms with Crippen molar-refractivity contribution in [2.75, 3.05) is 4.43 Å². The van der Waals surface area contributed by atoms with Crippen molar-refractivity contribution in [1.82, 2.24) is 0 Å². The third kappa shape index (κ3) is 2.75. The third-order valence-electron chi connectivity index (χ3n) is 2.90. The summed E-state index contributed by atoms with van der Waals surface area (Å²) in [6.07, 6.45) is 6.51. The van der Waals surface area contributed by atoms with Crippen LogP contribution in [-0.4, -0.2) is 4.43 Å². The number of allylic oxidation sites excluding steroid dienone is 2. The largest absolute Gasteiger partial charge is 0.0843 e. The Morgan fingerprint density at radius 1 is 1.50 bits per heavy atom. The molecular weight excluding hydrogens is 259 g/mol. The second-order valence-corrected chi connectivity index (χ2v) is 5.60. The van der Waals surface area contributed by atoms with Crippen LogP contribution >= 0.6 is 22.6 Å². The summed E-state index contributed by atoms with van der Waals surface area (Å²) in [5.74, 6) is 0.907. The number of hydrogen-bond donors (Lipinski definition) is 0. The summed E-state index contributed by atoms with van der Waals surface area (Å²) in [4.78, 5) is 0. The van der Waals surface area contributed by atoms with E-state index in [-0.39, 0.29) is 0 Å². The van der Waals surface area contributed by atoms with Crippen LogP contribution in [-0.2, 0) is 0 Å². The molecule has 12 heavy (non-hydrogen) atoms. The van der Waals surface area contributed by atoms with Crippen molar-refractivity contribution in [3.05, 3.63) is 11.6 Å². The average molecular weight is 278 g/mol. The summed E-state index contributed by atoms with van der Waals surface area (Å²) in [5.41, 5.74) is 2.17. The Bertz CT molecular complexity index is 174. The van der Waals surface area contributed by atoms with Crippen LogP contribution in [0.25, 0.3) is 0 Å². The zero-order valence-electron chi connectivity index (χ0n) is 8.36. The fraction of sp³-hybridized carbons (Fsp3) is 0.818. The Hall–Kier alpha value is 0.470. The first-order valence-electron chi connectivity index (χ1n) is 4.78. The van der Waals surface area contributed by atoms with Crippen LogP contribution in [0.5, 0.6) is 0 Å². The Morgan fingerprint density at radius 2 is 2.17 bits per heavy atom. The van der Waals surface area contributed by atoms with Gasteiger partial charge < -0.3 is 0 Å². The average Bonchev–Trinajstić information content (AvgIpc) is 2.03. The summed E-state index contributed by atoms with van der Waals surface area (Å²) in [6.45, 7) is 7.08. The maximum absolute atomic E-state index is 2.47. The highest BCUT2D eigenvalue weighted by Gasteiger charge is 2.25. The maximum atomic E-state index is 2.47. The van der Waals surface area contributed by atoms with Gasteiger partial charge in [0.15, 0.2) is 0 Å². The van der Waals surface area contributed by atoms with Crippen molar-refractivity contribution in [2.45, 2.75) is 40.0 Å². The Morgan fingerprint density at radius 3 is 2.50 bits per heavy atom. The molecule has 0 radical (unpaired) electrons. The van der Waals surface area contributed by atoms with Crippen LogP contribution in [0, 0.1) is 11.3 Å². The fourth-order valence-corrected chi connectivity index (χ4v) is 2.49. The minimum absolute atomic E-state index is 0.507. The molecule has 0 saturated carbocycles. The number of alkyl halides is 1. The lowest BCUT2D eigenvalue weighted by atomic mass is 9.73. The number of rotatable bonds is 1. The smallest absolute Gasteiger partial charge is 0.0205 e. The highest BCUT2D eigenvalue weighted by molar-refractivity contribution is 14.1. The molecule has 0 nitrogen and oxygen atoms in total. The van der Waals surface area contributed by atoms with Gasteiger partial charge in [-0.3, -0.25) is 0 Å². The Labute approximate surface area is 90.0 Å². The first kappa shape index (κ1) is 10.6. The summed E-state index contributed by atoms with van der Waals surface area (Å²) in [6, 6.07) is 0. The minimum atomic E-state index is 0.507. The van der Waals surface area contributed by atoms with Crippen LogP contribution in [0.2, 0.25) is 0 Å². The normalized spacial score (nSPS) is 25.3. The van der Waals surface area contributed by atoms with Crippen LogP contribution in [0.3, 0.4) is 0 Å². The number of halogens is 1. The molecule has 0 amide bonds. The van der Waals surface area contributed by atoms with Crippen LogP contribution in [0.4, 0.5) is 0 Å². The van der Waals surface area contributed by atoms with Gasteiger partial charge in [0.25, 0.3) is 0 Å². The van der Waals surface area contributed by atoms with E-state index in [2.05, 4.69) is 49.4 Å². The summed E-state index contributed by atoms with van der Waals surface area (Å²) >= 11 is 2.47. The molecule has 70 valence electrons. The van der Waals surface area contributed by atoms with E-state index in [0.717, 1.165) is 5.92 Å². The molecular formula is C11H19I. The van der Waals surface area contributed by atoms with Gasteiger partial charge in [-0.1, -0.05) is 55.0 Å². The van der Waals surface area contributed by atoms with Gasteiger partial charge in [-0.15, -0.1) is 0 Å². The molecule has 0 aliphatic heterocycles. The predicted molar refractivity (Wildman–Crippen MR) is 63.8 cm³/mol. The SMILES string of the molecule is CC(C)(C)C1CC=C(CI)CC1. The third-order valence-corrected chi connectivity index (χ3v) is 3.88. The van der Waals surface area contributed by atoms with Crippen LogP contribution in [0.1, 0.15) is 40.0 Å². The minimum Gasteiger partial charge on any atom is -0.0843 e. The first-order valence-corrected chi connectivity index (χ1v) is 6.30. The van der Waals surface area contributed by atoms with E-state index in [1.54, 1.807) is 5.57 Å². The number of hydrogen-bond acceptors (Lipinski definition) is 0. The molecule has 0 aromatic heterocycles. The summed E-state index contributed by atoms with van der Waals surface area (Å²) in [7, 11) is 0. The van der Waals surface area contributed by atoms with Gasteiger partial charge in [0.1, 0.15) is 0 Å². The van der Waals surface area contributed by atoms with Gasteiger partial charge in [-0.2, -0.15) is 0 Å². The standard InChI is InChI=1S/C11H19I/c1-11(2,3)10-6-4-9(8-12)5-7-10/h4,10H,5-8H2,1-3H3. The first-order chi connectivity index (χ1) is 5.54. The molecule has 1 atom stereocenters. The van der Waals surface area contributed by atoms with Gasteiger partial charge in [0.2, 0.25) is 0 Å². The molecule has 1 rings (SSSR count). The van der Waals surface area contributed by atoms with E-state index in [9.17, 15) is 0 Å². The monoisotopic (exact) mass is 278 g/mol. The van der Waals surface area contributed by atoms with Gasteiger partial charge in [-0.05, 0) is 30.6 Å². The van der Waals surface area contributed by atoms with Gasteiger partial charge in [0.05, 0.1) is 0 Å². The fourth-order valence-electron chi connectivity index (χ4n) is 1.80. The zero-order valence-corrected chi connectivity index (χ0v) is 10.5. The summed E-state index contributed by atoms with van der Waals surface area (Å²) in [5, 5.41) is 0. The van der Waals surface area contributed by atoms with Crippen molar-refractivity contribution in [3.8, 4) is 0 Å². The van der Waals surface area contributed by atoms with Gasteiger partial charge in [-0.25, -0.2) is 0 Å². The van der Waals surface area contributed by atoms with E-state index in [0.29, 0.717) is 5.41 Å². The lowest BCUT2D eigenvalue weighted by Crippen LogP contribution is -2.22. The maximum Gasteiger partial charge on any atom is 0.0205 e. The Balaban J connectivity index is 2.52. The van der Waals surface area contributed by atoms with Crippen LogP contribution in [0.15, 0.2) is 11.6 Å². The van der Waals surface area contributed by atoms with E-state index in [1.165, 1.54) is 23.7 Å². The molecule has 0 N–H and O–H groups in total. The molecule has 0 fully saturated rings. The molecule has 0 spiro atoms. The molecule has 1 aliphatic carbocycles. The second-order valence-electron chi connectivity index (χ2n) is 4.83. The molecule has 1 aliphatic rings. The highest BCUT2D eigenvalue weighted by Crippen LogP contribution is 2.37. The zero-order chi connectivity index (χ0) is 9.19. The van der Waals surface area contributed by atoms with Gasteiger partial charge in [0, 0.05) is 4.43 Å². The summed E-state index contributed by atoms with van der Waals surface area (Å²) < 4.78 is 1.23. The molecule has 0 aromatic rings. The van der Waals surface area contributed by atoms with Crippen molar-refractivity contribution < 1.29 is 0 Å². The lowest BCUT2D eigenvalue weighted by Gasteiger charge is -2.33. The predicted octanol–water partition coefficient (Wildman–Crippen LogP) is 4.19. The van der Waals surface area contributed by atoms with Crippen molar-refractivity contribution in [2.24, 2.45) is 11.3 Å². The topological polar surface area (TPSA) is 0 Å².